The van der Waals surface area contributed by atoms with Crippen LogP contribution in [0, 0.1) is 0 Å². The van der Waals surface area contributed by atoms with E-state index in [-0.39, 0.29) is 12.1 Å². The van der Waals surface area contributed by atoms with Gasteiger partial charge in [0.25, 0.3) is 0 Å². The fraction of sp³-hybridized carbons (Fsp3) is 0.333. The molecule has 40 heavy (non-hydrogen) atoms. The zero-order valence-electron chi connectivity index (χ0n) is 21.9. The molecule has 3 aromatic heterocycles. The molecule has 1 saturated heterocycles. The second-order valence-corrected chi connectivity index (χ2v) is 10.5. The van der Waals surface area contributed by atoms with E-state index in [2.05, 4.69) is 37.2 Å². The lowest BCUT2D eigenvalue weighted by Gasteiger charge is -2.39. The number of hydrogen-bond donors (Lipinski definition) is 1. The first kappa shape index (κ1) is 26.4. The highest BCUT2D eigenvalue weighted by Gasteiger charge is 2.30. The molecule has 1 fully saturated rings. The van der Waals surface area contributed by atoms with Crippen molar-refractivity contribution in [3.8, 4) is 11.4 Å². The molecule has 0 radical (unpaired) electrons. The fourth-order valence-electron chi connectivity index (χ4n) is 4.97. The molecule has 1 aromatic carbocycles. The smallest absolute Gasteiger partial charge is 0.336 e. The van der Waals surface area contributed by atoms with Crippen molar-refractivity contribution in [3.63, 3.8) is 0 Å². The molecule has 13 heteroatoms. The van der Waals surface area contributed by atoms with Gasteiger partial charge in [-0.15, -0.1) is 0 Å². The number of nitrogens with one attached hydrogen (secondary N) is 1. The zero-order chi connectivity index (χ0) is 27.5. The third-order valence-electron chi connectivity index (χ3n) is 7.05. The maximum absolute atomic E-state index is 12.6. The molecule has 1 atom stereocenters. The van der Waals surface area contributed by atoms with Crippen LogP contribution in [-0.2, 0) is 17.7 Å². The number of urea groups is 1. The number of fused-ring (bicyclic) bond motifs is 1. The van der Waals surface area contributed by atoms with Crippen LogP contribution in [0.15, 0.2) is 59.6 Å². The first-order valence-corrected chi connectivity index (χ1v) is 14.1. The van der Waals surface area contributed by atoms with E-state index in [1.165, 1.54) is 14.9 Å². The summed E-state index contributed by atoms with van der Waals surface area (Å²) < 4.78 is 12.1. The number of carbonyl (C=O) groups is 1. The van der Waals surface area contributed by atoms with Crippen LogP contribution in [0.3, 0.4) is 0 Å². The Hall–Kier alpha value is -3.85. The fourth-order valence-corrected chi connectivity index (χ4v) is 5.41. The lowest BCUT2D eigenvalue weighted by atomic mass is 10.0. The molecule has 2 aliphatic rings. The number of carbonyl (C=O) groups excluding carboxylic acids is 1. The van der Waals surface area contributed by atoms with Crippen LogP contribution in [0.2, 0.25) is 0 Å². The normalized spacial score (nSPS) is 16.9. The molecular formula is C27H28IN9O3. The van der Waals surface area contributed by atoms with E-state index in [4.69, 9.17) is 19.2 Å². The molecular weight excluding hydrogens is 625 g/mol. The topological polar surface area (TPSA) is 126 Å². The van der Waals surface area contributed by atoms with Crippen molar-refractivity contribution >= 4 is 52.2 Å². The number of amides is 2. The Morgan fingerprint density at radius 3 is 2.73 bits per heavy atom. The Bertz CT molecular complexity index is 1450. The number of anilines is 4. The molecule has 1 N–H and O–H groups in total. The van der Waals surface area contributed by atoms with Crippen LogP contribution in [0.4, 0.5) is 28.1 Å². The van der Waals surface area contributed by atoms with Gasteiger partial charge >= 0.3 is 6.03 Å². The third-order valence-corrected chi connectivity index (χ3v) is 8.05. The van der Waals surface area contributed by atoms with Crippen LogP contribution in [-0.4, -0.2) is 63.5 Å². The number of aromatic nitrogens is 5. The number of benzene rings is 1. The number of nitrogens with zero attached hydrogens (tertiary/aromatic N) is 8. The number of hydrogen-bond acceptors (Lipinski definition) is 10. The first-order valence-electron chi connectivity index (χ1n) is 13.1. The van der Waals surface area contributed by atoms with Crippen LogP contribution in [0.1, 0.15) is 24.6 Å². The molecule has 0 saturated carbocycles. The summed E-state index contributed by atoms with van der Waals surface area (Å²) in [6.07, 6.45) is 6.70. The van der Waals surface area contributed by atoms with Gasteiger partial charge in [0.15, 0.2) is 11.6 Å². The molecule has 4 aromatic rings. The Morgan fingerprint density at radius 1 is 1.15 bits per heavy atom. The van der Waals surface area contributed by atoms with E-state index in [0.717, 1.165) is 43.0 Å². The highest BCUT2D eigenvalue weighted by atomic mass is 127. The molecule has 5 heterocycles. The van der Waals surface area contributed by atoms with Crippen molar-refractivity contribution in [2.24, 2.45) is 0 Å². The monoisotopic (exact) mass is 653 g/mol. The van der Waals surface area contributed by atoms with Gasteiger partial charge in [-0.25, -0.2) is 27.8 Å². The van der Waals surface area contributed by atoms with Gasteiger partial charge in [0.05, 0.1) is 60.0 Å². The maximum atomic E-state index is 12.6. The summed E-state index contributed by atoms with van der Waals surface area (Å²) in [5, 5.41) is 6.42. The molecule has 2 aliphatic heterocycles. The predicted octanol–water partition coefficient (Wildman–Crippen LogP) is 4.49. The highest BCUT2D eigenvalue weighted by molar-refractivity contribution is 14.1. The molecule has 0 spiro atoms. The molecule has 6 rings (SSSR count). The van der Waals surface area contributed by atoms with Gasteiger partial charge in [0, 0.05) is 42.7 Å². The van der Waals surface area contributed by atoms with Crippen LogP contribution in [0.5, 0.6) is 0 Å². The van der Waals surface area contributed by atoms with E-state index in [1.807, 2.05) is 53.2 Å². The van der Waals surface area contributed by atoms with E-state index in [1.54, 1.807) is 18.5 Å². The third kappa shape index (κ3) is 5.43. The van der Waals surface area contributed by atoms with Gasteiger partial charge in [-0.05, 0) is 43.2 Å². The summed E-state index contributed by atoms with van der Waals surface area (Å²) in [6.45, 7) is 5.73. The lowest BCUT2D eigenvalue weighted by Crippen LogP contribution is -2.47. The van der Waals surface area contributed by atoms with Crippen LogP contribution < -0.4 is 18.2 Å². The van der Waals surface area contributed by atoms with E-state index in [0.29, 0.717) is 43.0 Å². The summed E-state index contributed by atoms with van der Waals surface area (Å²) >= 11 is 1.96. The molecule has 0 aliphatic carbocycles. The minimum atomic E-state index is -0.337. The number of morpholine rings is 1. The van der Waals surface area contributed by atoms with Gasteiger partial charge in [-0.2, -0.15) is 0 Å². The minimum absolute atomic E-state index is 0.259. The number of halogens is 1. The summed E-state index contributed by atoms with van der Waals surface area (Å²) in [6, 6.07) is 11.0. The summed E-state index contributed by atoms with van der Waals surface area (Å²) in [5.41, 5.74) is 3.72. The van der Waals surface area contributed by atoms with Crippen LogP contribution in [0.25, 0.3) is 11.4 Å². The van der Waals surface area contributed by atoms with Crippen molar-refractivity contribution < 1.29 is 14.1 Å². The highest BCUT2D eigenvalue weighted by Crippen LogP contribution is 2.33. The number of ether oxygens (including phenoxy) is 1. The Labute approximate surface area is 245 Å². The first-order chi connectivity index (χ1) is 19.6. The molecule has 206 valence electrons. The average molecular weight is 653 g/mol. The van der Waals surface area contributed by atoms with Crippen molar-refractivity contribution in [3.05, 3.63) is 66.3 Å². The number of rotatable bonds is 6. The van der Waals surface area contributed by atoms with Crippen molar-refractivity contribution in [2.45, 2.75) is 32.4 Å². The van der Waals surface area contributed by atoms with Gasteiger partial charge in [0.2, 0.25) is 5.95 Å². The summed E-state index contributed by atoms with van der Waals surface area (Å²) in [5.74, 6) is 2.67. The Kier molecular flexibility index (Phi) is 7.73. The quantitative estimate of drug-likeness (QED) is 0.235. The maximum Gasteiger partial charge on any atom is 0.336 e. The van der Waals surface area contributed by atoms with E-state index in [9.17, 15) is 4.79 Å². The SMILES string of the molecule is CCC1COCCN1c1nc(-c2ccc(N(I)C(=O)Nc3ccon3)cc2)nc2c1CCN(c1ncccn1)C2. The minimum Gasteiger partial charge on any atom is -0.377 e. The molecule has 2 amide bonds. The van der Waals surface area contributed by atoms with Crippen molar-refractivity contribution in [2.75, 3.05) is 44.5 Å². The van der Waals surface area contributed by atoms with Gasteiger partial charge < -0.3 is 19.1 Å². The van der Waals surface area contributed by atoms with Gasteiger partial charge in [-0.3, -0.25) is 5.32 Å². The summed E-state index contributed by atoms with van der Waals surface area (Å²) in [4.78, 5) is 36.3. The molecule has 1 unspecified atom stereocenters. The van der Waals surface area contributed by atoms with Crippen molar-refractivity contribution in [1.29, 1.82) is 0 Å². The molecule has 0 bridgehead atoms. The van der Waals surface area contributed by atoms with Gasteiger partial charge in [0.1, 0.15) is 12.1 Å². The lowest BCUT2D eigenvalue weighted by molar-refractivity contribution is 0.0924. The largest absolute Gasteiger partial charge is 0.377 e. The Morgan fingerprint density at radius 2 is 1.98 bits per heavy atom. The van der Waals surface area contributed by atoms with Crippen LogP contribution >= 0.6 is 22.9 Å². The standard InChI is InChI=1S/C27H28IN9O3/c1-2-19-17-39-15-13-36(19)25-21-8-12-35(26-29-10-3-11-30-26)16-22(21)31-24(33-25)18-4-6-20(7-5-18)37(28)27(38)32-23-9-14-40-34-23/h3-7,9-11,14,19H,2,8,12-13,15-17H2,1H3,(H,32,34,38). The van der Waals surface area contributed by atoms with E-state index >= 15 is 0 Å². The Balaban J connectivity index is 1.32. The second kappa shape index (κ2) is 11.7. The predicted molar refractivity (Wildman–Crippen MR) is 159 cm³/mol. The molecule has 12 nitrogen and oxygen atoms in total. The average Bonchev–Trinajstić information content (AvgIpc) is 3.53. The second-order valence-electron chi connectivity index (χ2n) is 9.49. The van der Waals surface area contributed by atoms with Gasteiger partial charge in [-0.1, -0.05) is 12.1 Å². The van der Waals surface area contributed by atoms with E-state index < -0.39 is 0 Å². The van der Waals surface area contributed by atoms with Crippen molar-refractivity contribution in [1.82, 2.24) is 25.1 Å². The summed E-state index contributed by atoms with van der Waals surface area (Å²) in [7, 11) is 0. The zero-order valence-corrected chi connectivity index (χ0v) is 24.1.